The van der Waals surface area contributed by atoms with Crippen LogP contribution in [-0.4, -0.2) is 20.0 Å². The Kier molecular flexibility index (Phi) is 4.07. The fourth-order valence-corrected chi connectivity index (χ4v) is 1.85. The van der Waals surface area contributed by atoms with E-state index in [0.29, 0.717) is 16.3 Å². The fourth-order valence-electron chi connectivity index (χ4n) is 1.67. The maximum absolute atomic E-state index is 12.1. The van der Waals surface area contributed by atoms with Gasteiger partial charge in [-0.1, -0.05) is 23.7 Å². The van der Waals surface area contributed by atoms with Crippen LogP contribution in [-0.2, 0) is 0 Å². The molecule has 0 aromatic heterocycles. The van der Waals surface area contributed by atoms with Crippen LogP contribution in [0.5, 0.6) is 0 Å². The normalized spacial score (nSPS) is 10.1. The summed E-state index contributed by atoms with van der Waals surface area (Å²) in [7, 11) is 3.91. The Hall–Kier alpha value is -2.00. The molecule has 0 aliphatic rings. The van der Waals surface area contributed by atoms with Gasteiger partial charge in [-0.15, -0.1) is 0 Å². The van der Waals surface area contributed by atoms with Gasteiger partial charge >= 0.3 is 0 Å². The van der Waals surface area contributed by atoms with E-state index in [1.807, 2.05) is 43.3 Å². The highest BCUT2D eigenvalue weighted by atomic mass is 35.5. The summed E-state index contributed by atoms with van der Waals surface area (Å²) in [6.45, 7) is 0. The first kappa shape index (κ1) is 13.4. The van der Waals surface area contributed by atoms with E-state index in [9.17, 15) is 4.79 Å². The van der Waals surface area contributed by atoms with Crippen LogP contribution in [0.1, 0.15) is 10.4 Å². The van der Waals surface area contributed by atoms with Gasteiger partial charge < -0.3 is 10.2 Å². The second-order valence-corrected chi connectivity index (χ2v) is 4.78. The Labute approximate surface area is 117 Å². The zero-order valence-corrected chi connectivity index (χ0v) is 11.6. The van der Waals surface area contributed by atoms with Gasteiger partial charge in [-0.05, 0) is 36.4 Å². The summed E-state index contributed by atoms with van der Waals surface area (Å²) < 4.78 is 0. The van der Waals surface area contributed by atoms with Gasteiger partial charge in [0, 0.05) is 25.3 Å². The van der Waals surface area contributed by atoms with Crippen molar-refractivity contribution in [2.75, 3.05) is 24.3 Å². The molecule has 0 spiro atoms. The van der Waals surface area contributed by atoms with Gasteiger partial charge in [-0.2, -0.15) is 0 Å². The number of amides is 1. The van der Waals surface area contributed by atoms with Crippen LogP contribution in [0.4, 0.5) is 11.4 Å². The average molecular weight is 275 g/mol. The minimum Gasteiger partial charge on any atom is -0.378 e. The van der Waals surface area contributed by atoms with E-state index < -0.39 is 0 Å². The highest BCUT2D eigenvalue weighted by Crippen LogP contribution is 2.21. The molecule has 3 nitrogen and oxygen atoms in total. The molecule has 4 heteroatoms. The molecular weight excluding hydrogens is 260 g/mol. The van der Waals surface area contributed by atoms with Crippen LogP contribution in [0.15, 0.2) is 48.5 Å². The summed E-state index contributed by atoms with van der Waals surface area (Å²) in [5, 5.41) is 3.32. The monoisotopic (exact) mass is 274 g/mol. The number of hydrogen-bond donors (Lipinski definition) is 1. The molecule has 2 aromatic rings. The molecule has 2 rings (SSSR count). The van der Waals surface area contributed by atoms with Gasteiger partial charge in [0.15, 0.2) is 0 Å². The number of carbonyl (C=O) groups excluding carboxylic acids is 1. The van der Waals surface area contributed by atoms with Crippen molar-refractivity contribution in [3.63, 3.8) is 0 Å². The second kappa shape index (κ2) is 5.76. The molecule has 0 heterocycles. The molecule has 98 valence electrons. The number of nitrogens with one attached hydrogen (secondary N) is 1. The molecule has 0 aliphatic carbocycles. The molecule has 0 atom stereocenters. The number of nitrogens with zero attached hydrogens (tertiary/aromatic N) is 1. The van der Waals surface area contributed by atoms with Crippen molar-refractivity contribution in [3.8, 4) is 0 Å². The molecule has 0 aliphatic heterocycles. The number of rotatable bonds is 3. The van der Waals surface area contributed by atoms with Gasteiger partial charge in [0.1, 0.15) is 0 Å². The average Bonchev–Trinajstić information content (AvgIpc) is 2.41. The molecule has 19 heavy (non-hydrogen) atoms. The predicted octanol–water partition coefficient (Wildman–Crippen LogP) is 3.66. The Balaban J connectivity index is 2.14. The smallest absolute Gasteiger partial charge is 0.255 e. The van der Waals surface area contributed by atoms with Gasteiger partial charge in [-0.25, -0.2) is 0 Å². The van der Waals surface area contributed by atoms with E-state index in [-0.39, 0.29) is 5.91 Å². The summed E-state index contributed by atoms with van der Waals surface area (Å²) in [5.74, 6) is -0.168. The van der Waals surface area contributed by atoms with Crippen molar-refractivity contribution < 1.29 is 4.79 Å². The highest BCUT2D eigenvalue weighted by Gasteiger charge is 2.08. The maximum atomic E-state index is 12.1. The lowest BCUT2D eigenvalue weighted by Gasteiger charge is -2.12. The Bertz CT molecular complexity index is 579. The van der Waals surface area contributed by atoms with Gasteiger partial charge in [0.05, 0.1) is 10.7 Å². The topological polar surface area (TPSA) is 32.3 Å². The predicted molar refractivity (Wildman–Crippen MR) is 80.2 cm³/mol. The van der Waals surface area contributed by atoms with E-state index in [0.717, 1.165) is 5.69 Å². The van der Waals surface area contributed by atoms with Gasteiger partial charge in [0.2, 0.25) is 0 Å². The lowest BCUT2D eigenvalue weighted by atomic mass is 10.2. The summed E-state index contributed by atoms with van der Waals surface area (Å²) in [4.78, 5) is 14.0. The SMILES string of the molecule is CN(C)c1ccc(C(=O)Nc2ccccc2Cl)cc1. The first-order chi connectivity index (χ1) is 9.08. The number of para-hydroxylation sites is 1. The third-order valence-corrected chi connectivity index (χ3v) is 3.10. The lowest BCUT2D eigenvalue weighted by Crippen LogP contribution is -2.13. The van der Waals surface area contributed by atoms with E-state index in [1.165, 1.54) is 0 Å². The zero-order valence-electron chi connectivity index (χ0n) is 10.9. The number of anilines is 2. The van der Waals surface area contributed by atoms with Crippen molar-refractivity contribution in [2.24, 2.45) is 0 Å². The molecule has 1 amide bonds. The quantitative estimate of drug-likeness (QED) is 0.926. The molecular formula is C15H15ClN2O. The van der Waals surface area contributed by atoms with Crippen molar-refractivity contribution in [3.05, 3.63) is 59.1 Å². The first-order valence-corrected chi connectivity index (χ1v) is 6.29. The standard InChI is InChI=1S/C15H15ClN2O/c1-18(2)12-9-7-11(8-10-12)15(19)17-14-6-4-3-5-13(14)16/h3-10H,1-2H3,(H,17,19). The van der Waals surface area contributed by atoms with Crippen LogP contribution in [0.2, 0.25) is 5.02 Å². The van der Waals surface area contributed by atoms with E-state index in [1.54, 1.807) is 24.3 Å². The molecule has 0 bridgehead atoms. The van der Waals surface area contributed by atoms with Crippen molar-refractivity contribution >= 4 is 28.9 Å². The van der Waals surface area contributed by atoms with Gasteiger partial charge in [0.25, 0.3) is 5.91 Å². The molecule has 0 radical (unpaired) electrons. The summed E-state index contributed by atoms with van der Waals surface area (Å²) >= 11 is 6.00. The second-order valence-electron chi connectivity index (χ2n) is 4.38. The highest BCUT2D eigenvalue weighted by molar-refractivity contribution is 6.33. The summed E-state index contributed by atoms with van der Waals surface area (Å²) in [6, 6.07) is 14.6. The van der Waals surface area contributed by atoms with Crippen LogP contribution in [0.3, 0.4) is 0 Å². The van der Waals surface area contributed by atoms with E-state index in [4.69, 9.17) is 11.6 Å². The van der Waals surface area contributed by atoms with Crippen LogP contribution < -0.4 is 10.2 Å². The van der Waals surface area contributed by atoms with Crippen LogP contribution in [0.25, 0.3) is 0 Å². The van der Waals surface area contributed by atoms with E-state index >= 15 is 0 Å². The summed E-state index contributed by atoms with van der Waals surface area (Å²) in [6.07, 6.45) is 0. The number of carbonyl (C=O) groups is 1. The maximum Gasteiger partial charge on any atom is 0.255 e. The third kappa shape index (κ3) is 3.26. The zero-order chi connectivity index (χ0) is 13.8. The van der Waals surface area contributed by atoms with Crippen molar-refractivity contribution in [2.45, 2.75) is 0 Å². The molecule has 0 unspecified atom stereocenters. The Morgan fingerprint density at radius 3 is 2.26 bits per heavy atom. The minimum absolute atomic E-state index is 0.168. The van der Waals surface area contributed by atoms with E-state index in [2.05, 4.69) is 5.32 Å². The first-order valence-electron chi connectivity index (χ1n) is 5.91. The Morgan fingerprint density at radius 1 is 1.05 bits per heavy atom. The van der Waals surface area contributed by atoms with Crippen LogP contribution in [0, 0.1) is 0 Å². The van der Waals surface area contributed by atoms with Gasteiger partial charge in [-0.3, -0.25) is 4.79 Å². The minimum atomic E-state index is -0.168. The molecule has 0 fully saturated rings. The fraction of sp³-hybridized carbons (Fsp3) is 0.133. The van der Waals surface area contributed by atoms with Crippen molar-refractivity contribution in [1.82, 2.24) is 0 Å². The number of benzene rings is 2. The van der Waals surface area contributed by atoms with Crippen molar-refractivity contribution in [1.29, 1.82) is 0 Å². The Morgan fingerprint density at radius 2 is 1.68 bits per heavy atom. The number of hydrogen-bond acceptors (Lipinski definition) is 2. The lowest BCUT2D eigenvalue weighted by molar-refractivity contribution is 0.102. The molecule has 1 N–H and O–H groups in total. The number of halogens is 1. The van der Waals surface area contributed by atoms with Crippen LogP contribution >= 0.6 is 11.6 Å². The largest absolute Gasteiger partial charge is 0.378 e. The third-order valence-electron chi connectivity index (χ3n) is 2.77. The molecule has 0 saturated carbocycles. The molecule has 0 saturated heterocycles. The molecule has 2 aromatic carbocycles. The summed E-state index contributed by atoms with van der Waals surface area (Å²) in [5.41, 5.74) is 2.27.